The van der Waals surface area contributed by atoms with E-state index in [2.05, 4.69) is 0 Å². The molecule has 1 rings (SSSR count). The maximum atomic E-state index is 10.5. The molecule has 0 unspecified atom stereocenters. The molecule has 0 saturated carbocycles. The van der Waals surface area contributed by atoms with E-state index in [1.807, 2.05) is 34.9 Å². The summed E-state index contributed by atoms with van der Waals surface area (Å²) in [6, 6.07) is 5.09. The van der Waals surface area contributed by atoms with Crippen molar-refractivity contribution in [3.63, 3.8) is 0 Å². The number of thioether (sulfide) groups is 1. The molecule has 1 aromatic carbocycles. The van der Waals surface area contributed by atoms with Crippen LogP contribution in [-0.2, 0) is 0 Å². The van der Waals surface area contributed by atoms with Crippen molar-refractivity contribution in [1.29, 1.82) is 0 Å². The van der Waals surface area contributed by atoms with Crippen LogP contribution in [0.3, 0.4) is 0 Å². The van der Waals surface area contributed by atoms with Gasteiger partial charge < -0.3 is 0 Å². The average molecular weight is 295 g/mol. The van der Waals surface area contributed by atoms with E-state index in [1.54, 1.807) is 6.07 Å². The minimum atomic E-state index is -0.360. The van der Waals surface area contributed by atoms with Gasteiger partial charge in [0.25, 0.3) is 5.69 Å². The first kappa shape index (κ1) is 9.79. The van der Waals surface area contributed by atoms with Gasteiger partial charge in [0.1, 0.15) is 3.57 Å². The molecular formula is C7H6INO2S. The minimum Gasteiger partial charge on any atom is -0.258 e. The average Bonchev–Trinajstić information content (AvgIpc) is 2.04. The van der Waals surface area contributed by atoms with Gasteiger partial charge in [-0.05, 0) is 34.9 Å². The number of rotatable bonds is 2. The first-order chi connectivity index (χ1) is 5.66. The lowest BCUT2D eigenvalue weighted by Gasteiger charge is -1.99. The van der Waals surface area contributed by atoms with Crippen LogP contribution in [0.5, 0.6) is 0 Å². The largest absolute Gasteiger partial charge is 0.283 e. The lowest BCUT2D eigenvalue weighted by atomic mass is 10.3. The molecule has 0 fully saturated rings. The summed E-state index contributed by atoms with van der Waals surface area (Å²) in [5.41, 5.74) is 0.183. The summed E-state index contributed by atoms with van der Waals surface area (Å²) < 4.78 is 0.715. The Morgan fingerprint density at radius 3 is 2.75 bits per heavy atom. The third-order valence-electron chi connectivity index (χ3n) is 1.36. The van der Waals surface area contributed by atoms with Gasteiger partial charge in [0.05, 0.1) is 4.92 Å². The van der Waals surface area contributed by atoms with Gasteiger partial charge in [0, 0.05) is 11.0 Å². The first-order valence-electron chi connectivity index (χ1n) is 3.13. The normalized spacial score (nSPS) is 9.83. The number of hydrogen-bond donors (Lipinski definition) is 0. The Kier molecular flexibility index (Phi) is 3.33. The van der Waals surface area contributed by atoms with Crippen LogP contribution in [-0.4, -0.2) is 11.2 Å². The molecule has 0 aliphatic rings. The highest BCUT2D eigenvalue weighted by atomic mass is 127. The molecule has 0 heterocycles. The highest BCUT2D eigenvalue weighted by molar-refractivity contribution is 14.1. The SMILES string of the molecule is CSc1cccc([N+](=O)[O-])c1I. The van der Waals surface area contributed by atoms with Crippen LogP contribution < -0.4 is 0 Å². The molecule has 0 saturated heterocycles. The van der Waals surface area contributed by atoms with Gasteiger partial charge in [-0.1, -0.05) is 6.07 Å². The van der Waals surface area contributed by atoms with Crippen molar-refractivity contribution in [3.8, 4) is 0 Å². The van der Waals surface area contributed by atoms with E-state index in [1.165, 1.54) is 17.8 Å². The smallest absolute Gasteiger partial charge is 0.258 e. The van der Waals surface area contributed by atoms with Crippen LogP contribution in [0.2, 0.25) is 0 Å². The van der Waals surface area contributed by atoms with Crippen LogP contribution in [0.15, 0.2) is 23.1 Å². The molecule has 1 aromatic rings. The Hall–Kier alpha value is -0.300. The second kappa shape index (κ2) is 4.08. The molecule has 0 radical (unpaired) electrons. The van der Waals surface area contributed by atoms with E-state index >= 15 is 0 Å². The topological polar surface area (TPSA) is 43.1 Å². The lowest BCUT2D eigenvalue weighted by molar-refractivity contribution is -0.386. The van der Waals surface area contributed by atoms with Crippen molar-refractivity contribution < 1.29 is 4.92 Å². The first-order valence-corrected chi connectivity index (χ1v) is 5.44. The van der Waals surface area contributed by atoms with Crippen LogP contribution in [0.1, 0.15) is 0 Å². The zero-order valence-electron chi connectivity index (χ0n) is 6.28. The molecule has 64 valence electrons. The quantitative estimate of drug-likeness (QED) is 0.365. The van der Waals surface area contributed by atoms with E-state index < -0.39 is 0 Å². The molecule has 0 atom stereocenters. The third kappa shape index (κ3) is 1.89. The molecule has 0 amide bonds. The fourth-order valence-corrected chi connectivity index (χ4v) is 2.51. The summed E-state index contributed by atoms with van der Waals surface area (Å²) >= 11 is 3.51. The number of nitrogens with zero attached hydrogens (tertiary/aromatic N) is 1. The van der Waals surface area contributed by atoms with Gasteiger partial charge in [-0.15, -0.1) is 11.8 Å². The maximum absolute atomic E-state index is 10.5. The fraction of sp³-hybridized carbons (Fsp3) is 0.143. The van der Waals surface area contributed by atoms with Crippen LogP contribution in [0.25, 0.3) is 0 Å². The number of benzene rings is 1. The van der Waals surface area contributed by atoms with Gasteiger partial charge in [-0.2, -0.15) is 0 Å². The molecule has 0 aliphatic carbocycles. The Morgan fingerprint density at radius 2 is 2.25 bits per heavy atom. The molecular weight excluding hydrogens is 289 g/mol. The molecule has 0 aromatic heterocycles. The predicted octanol–water partition coefficient (Wildman–Crippen LogP) is 2.92. The maximum Gasteiger partial charge on any atom is 0.283 e. The van der Waals surface area contributed by atoms with Crippen molar-refractivity contribution in [2.75, 3.05) is 6.26 Å². The second-order valence-corrected chi connectivity index (χ2v) is 3.98. The summed E-state index contributed by atoms with van der Waals surface area (Å²) in [4.78, 5) is 11.1. The zero-order valence-corrected chi connectivity index (χ0v) is 9.26. The van der Waals surface area contributed by atoms with Crippen molar-refractivity contribution >= 4 is 40.0 Å². The summed E-state index contributed by atoms with van der Waals surface area (Å²) in [6.07, 6.45) is 1.90. The van der Waals surface area contributed by atoms with E-state index in [0.717, 1.165) is 4.90 Å². The summed E-state index contributed by atoms with van der Waals surface area (Å²) in [6.45, 7) is 0. The standard InChI is InChI=1S/C7H6INO2S/c1-12-6-4-2-3-5(7(6)8)9(10)11/h2-4H,1H3. The molecule has 0 bridgehead atoms. The Bertz CT molecular complexity index is 316. The predicted molar refractivity (Wildman–Crippen MR) is 57.6 cm³/mol. The van der Waals surface area contributed by atoms with Crippen LogP contribution in [0, 0.1) is 13.7 Å². The van der Waals surface area contributed by atoms with Crippen LogP contribution in [0.4, 0.5) is 5.69 Å². The highest BCUT2D eigenvalue weighted by Gasteiger charge is 2.13. The van der Waals surface area contributed by atoms with E-state index in [0.29, 0.717) is 3.57 Å². The number of nitro benzene ring substituents is 1. The third-order valence-corrected chi connectivity index (χ3v) is 3.64. The van der Waals surface area contributed by atoms with Crippen molar-refractivity contribution in [2.45, 2.75) is 4.90 Å². The second-order valence-electron chi connectivity index (χ2n) is 2.05. The van der Waals surface area contributed by atoms with E-state index in [9.17, 15) is 10.1 Å². The number of halogens is 1. The Labute approximate surface area is 87.8 Å². The molecule has 12 heavy (non-hydrogen) atoms. The Balaban J connectivity index is 3.23. The van der Waals surface area contributed by atoms with Gasteiger partial charge >= 0.3 is 0 Å². The number of hydrogen-bond acceptors (Lipinski definition) is 3. The monoisotopic (exact) mass is 295 g/mol. The van der Waals surface area contributed by atoms with Crippen molar-refractivity contribution in [2.24, 2.45) is 0 Å². The molecule has 0 aliphatic heterocycles. The molecule has 0 N–H and O–H groups in total. The number of nitro groups is 1. The summed E-state index contributed by atoms with van der Waals surface area (Å²) in [7, 11) is 0. The summed E-state index contributed by atoms with van der Waals surface area (Å²) in [5.74, 6) is 0. The summed E-state index contributed by atoms with van der Waals surface area (Å²) in [5, 5.41) is 10.5. The van der Waals surface area contributed by atoms with Crippen LogP contribution >= 0.6 is 34.4 Å². The zero-order chi connectivity index (χ0) is 9.14. The van der Waals surface area contributed by atoms with Gasteiger partial charge in [0.15, 0.2) is 0 Å². The molecule has 5 heteroatoms. The van der Waals surface area contributed by atoms with Crippen molar-refractivity contribution in [1.82, 2.24) is 0 Å². The molecule has 3 nitrogen and oxygen atoms in total. The van der Waals surface area contributed by atoms with Crippen molar-refractivity contribution in [3.05, 3.63) is 31.9 Å². The van der Waals surface area contributed by atoms with Gasteiger partial charge in [-0.25, -0.2) is 0 Å². The molecule has 0 spiro atoms. The van der Waals surface area contributed by atoms with E-state index in [-0.39, 0.29) is 10.6 Å². The lowest BCUT2D eigenvalue weighted by Crippen LogP contribution is -1.92. The highest BCUT2D eigenvalue weighted by Crippen LogP contribution is 2.29. The Morgan fingerprint density at radius 1 is 1.58 bits per heavy atom. The minimum absolute atomic E-state index is 0.183. The van der Waals surface area contributed by atoms with Gasteiger partial charge in [0.2, 0.25) is 0 Å². The van der Waals surface area contributed by atoms with E-state index in [4.69, 9.17) is 0 Å². The van der Waals surface area contributed by atoms with Gasteiger partial charge in [-0.3, -0.25) is 10.1 Å². The fourth-order valence-electron chi connectivity index (χ4n) is 0.798.